The number of halogens is 2. The Hall–Kier alpha value is -2.84. The summed E-state index contributed by atoms with van der Waals surface area (Å²) in [6.45, 7) is -0.165. The first-order valence-corrected chi connectivity index (χ1v) is 9.97. The van der Waals surface area contributed by atoms with Crippen LogP contribution in [0.5, 0.6) is 0 Å². The smallest absolute Gasteiger partial charge is 0.263 e. The summed E-state index contributed by atoms with van der Waals surface area (Å²) in [7, 11) is 0. The highest BCUT2D eigenvalue weighted by Crippen LogP contribution is 2.30. The summed E-state index contributed by atoms with van der Waals surface area (Å²) in [5, 5.41) is 5.01. The number of carbonyl (C=O) groups is 1. The molecule has 28 heavy (non-hydrogen) atoms. The van der Waals surface area contributed by atoms with Crippen molar-refractivity contribution in [3.8, 4) is 11.1 Å². The summed E-state index contributed by atoms with van der Waals surface area (Å²) < 4.78 is 15.2. The maximum Gasteiger partial charge on any atom is 0.263 e. The first-order chi connectivity index (χ1) is 13.5. The fourth-order valence-electron chi connectivity index (χ4n) is 2.83. The molecule has 140 valence electrons. The number of carbonyl (C=O) groups excluding carboxylic acids is 1. The zero-order valence-corrected chi connectivity index (χ0v) is 16.8. The highest BCUT2D eigenvalue weighted by Gasteiger charge is 2.15. The predicted octanol–water partition coefficient (Wildman–Crippen LogP) is 4.67. The molecule has 0 spiro atoms. The van der Waals surface area contributed by atoms with Crippen LogP contribution in [-0.2, 0) is 11.3 Å². The summed E-state index contributed by atoms with van der Waals surface area (Å²) in [4.78, 5) is 30.2. The van der Waals surface area contributed by atoms with Crippen LogP contribution in [0.1, 0.15) is 0 Å². The van der Waals surface area contributed by atoms with Gasteiger partial charge in [0.05, 0.1) is 17.4 Å². The molecular weight excluding hydrogens is 445 g/mol. The Morgan fingerprint density at radius 3 is 2.68 bits per heavy atom. The van der Waals surface area contributed by atoms with Gasteiger partial charge in [0.2, 0.25) is 5.91 Å². The highest BCUT2D eigenvalue weighted by molar-refractivity contribution is 9.10. The Bertz CT molecular complexity index is 1230. The minimum absolute atomic E-state index is 0.165. The third-order valence-electron chi connectivity index (χ3n) is 4.18. The molecule has 0 unspecified atom stereocenters. The van der Waals surface area contributed by atoms with Gasteiger partial charge in [-0.2, -0.15) is 0 Å². The van der Waals surface area contributed by atoms with Crippen LogP contribution >= 0.6 is 27.3 Å². The number of rotatable bonds is 4. The van der Waals surface area contributed by atoms with E-state index in [-0.39, 0.29) is 23.8 Å². The third kappa shape index (κ3) is 3.61. The standard InChI is InChI=1S/C20H13BrFN3O2S/c21-15-3-1-2-4-16(15)24-17(26)9-25-11-23-19-18(20(25)27)14(10-28-19)12-5-7-13(22)8-6-12/h1-8,10-11H,9H2,(H,24,26). The number of anilines is 1. The molecule has 0 aliphatic carbocycles. The number of amides is 1. The number of hydrogen-bond donors (Lipinski definition) is 1. The second-order valence-electron chi connectivity index (χ2n) is 6.04. The number of benzene rings is 2. The quantitative estimate of drug-likeness (QED) is 0.484. The van der Waals surface area contributed by atoms with Gasteiger partial charge in [0, 0.05) is 15.4 Å². The Morgan fingerprint density at radius 1 is 1.18 bits per heavy atom. The average Bonchev–Trinajstić information content (AvgIpc) is 3.11. The highest BCUT2D eigenvalue weighted by atomic mass is 79.9. The molecule has 0 saturated heterocycles. The average molecular weight is 458 g/mol. The van der Waals surface area contributed by atoms with Crippen LogP contribution < -0.4 is 10.9 Å². The van der Waals surface area contributed by atoms with Crippen LogP contribution in [0.4, 0.5) is 10.1 Å². The Labute approximate surface area is 171 Å². The molecule has 1 amide bonds. The molecule has 4 rings (SSSR count). The van der Waals surface area contributed by atoms with Crippen molar-refractivity contribution < 1.29 is 9.18 Å². The van der Waals surface area contributed by atoms with Gasteiger partial charge in [0.25, 0.3) is 5.56 Å². The SMILES string of the molecule is O=C(Cn1cnc2scc(-c3ccc(F)cc3)c2c1=O)Nc1ccccc1Br. The second kappa shape index (κ2) is 7.65. The van der Waals surface area contributed by atoms with Crippen LogP contribution in [0.2, 0.25) is 0 Å². The van der Waals surface area contributed by atoms with E-state index in [1.807, 2.05) is 17.5 Å². The third-order valence-corrected chi connectivity index (χ3v) is 5.76. The van der Waals surface area contributed by atoms with Crippen LogP contribution in [-0.4, -0.2) is 15.5 Å². The topological polar surface area (TPSA) is 64.0 Å². The maximum absolute atomic E-state index is 13.2. The Balaban J connectivity index is 1.67. The summed E-state index contributed by atoms with van der Waals surface area (Å²) >= 11 is 4.71. The van der Waals surface area contributed by atoms with Gasteiger partial charge < -0.3 is 5.32 Å². The van der Waals surface area contributed by atoms with Crippen molar-refractivity contribution in [2.75, 3.05) is 5.32 Å². The molecule has 2 heterocycles. The molecule has 4 aromatic rings. The molecule has 2 aromatic heterocycles. The van der Waals surface area contributed by atoms with E-state index in [9.17, 15) is 14.0 Å². The van der Waals surface area contributed by atoms with Crippen molar-refractivity contribution in [1.29, 1.82) is 0 Å². The monoisotopic (exact) mass is 457 g/mol. The number of hydrogen-bond acceptors (Lipinski definition) is 4. The van der Waals surface area contributed by atoms with Crippen LogP contribution in [0.15, 0.2) is 69.5 Å². The van der Waals surface area contributed by atoms with E-state index in [1.165, 1.54) is 34.4 Å². The lowest BCUT2D eigenvalue weighted by atomic mass is 10.1. The van der Waals surface area contributed by atoms with Crippen molar-refractivity contribution in [3.63, 3.8) is 0 Å². The molecule has 0 atom stereocenters. The molecule has 8 heteroatoms. The lowest BCUT2D eigenvalue weighted by Gasteiger charge is -2.09. The lowest BCUT2D eigenvalue weighted by Crippen LogP contribution is -2.27. The number of aromatic nitrogens is 2. The van der Waals surface area contributed by atoms with Crippen LogP contribution in [0, 0.1) is 5.82 Å². The lowest BCUT2D eigenvalue weighted by molar-refractivity contribution is -0.116. The van der Waals surface area contributed by atoms with Crippen LogP contribution in [0.3, 0.4) is 0 Å². The fourth-order valence-corrected chi connectivity index (χ4v) is 4.12. The first kappa shape index (κ1) is 18.5. The Morgan fingerprint density at radius 2 is 1.93 bits per heavy atom. The summed E-state index contributed by atoms with van der Waals surface area (Å²) in [6.07, 6.45) is 1.37. The minimum atomic E-state index is -0.345. The van der Waals surface area contributed by atoms with Crippen molar-refractivity contribution >= 4 is 49.1 Å². The van der Waals surface area contributed by atoms with E-state index in [1.54, 1.807) is 24.3 Å². The molecule has 2 aromatic carbocycles. The van der Waals surface area contributed by atoms with Crippen molar-refractivity contribution in [2.24, 2.45) is 0 Å². The van der Waals surface area contributed by atoms with E-state index >= 15 is 0 Å². The second-order valence-corrected chi connectivity index (χ2v) is 7.75. The molecule has 0 radical (unpaired) electrons. The van der Waals surface area contributed by atoms with E-state index in [4.69, 9.17) is 0 Å². The molecule has 1 N–H and O–H groups in total. The molecule has 5 nitrogen and oxygen atoms in total. The molecule has 0 bridgehead atoms. The summed E-state index contributed by atoms with van der Waals surface area (Å²) in [5.74, 6) is -0.684. The van der Waals surface area contributed by atoms with Gasteiger partial charge in [0.1, 0.15) is 17.2 Å². The molecular formula is C20H13BrFN3O2S. The predicted molar refractivity (Wildman–Crippen MR) is 112 cm³/mol. The van der Waals surface area contributed by atoms with Gasteiger partial charge in [-0.15, -0.1) is 11.3 Å². The van der Waals surface area contributed by atoms with Gasteiger partial charge >= 0.3 is 0 Å². The van der Waals surface area contributed by atoms with Gasteiger partial charge in [-0.25, -0.2) is 9.37 Å². The molecule has 0 aliphatic heterocycles. The van der Waals surface area contributed by atoms with Crippen molar-refractivity contribution in [3.05, 3.63) is 80.9 Å². The van der Waals surface area contributed by atoms with E-state index in [0.29, 0.717) is 21.5 Å². The van der Waals surface area contributed by atoms with Crippen molar-refractivity contribution in [1.82, 2.24) is 9.55 Å². The van der Waals surface area contributed by atoms with Gasteiger partial charge in [-0.3, -0.25) is 14.2 Å². The molecule has 0 saturated carbocycles. The largest absolute Gasteiger partial charge is 0.324 e. The fraction of sp³-hybridized carbons (Fsp3) is 0.0500. The minimum Gasteiger partial charge on any atom is -0.324 e. The zero-order chi connectivity index (χ0) is 19.7. The van der Waals surface area contributed by atoms with E-state index < -0.39 is 0 Å². The van der Waals surface area contributed by atoms with Crippen LogP contribution in [0.25, 0.3) is 21.3 Å². The molecule has 0 aliphatic rings. The van der Waals surface area contributed by atoms with Gasteiger partial charge in [-0.1, -0.05) is 24.3 Å². The summed E-state index contributed by atoms with van der Waals surface area (Å²) in [5.41, 5.74) is 1.71. The Kier molecular flexibility index (Phi) is 5.06. The normalized spacial score (nSPS) is 10.9. The molecule has 0 fully saturated rings. The van der Waals surface area contributed by atoms with Gasteiger partial charge in [0.15, 0.2) is 0 Å². The number of nitrogens with zero attached hydrogens (tertiary/aromatic N) is 2. The van der Waals surface area contributed by atoms with E-state index in [2.05, 4.69) is 26.2 Å². The number of nitrogens with one attached hydrogen (secondary N) is 1. The summed E-state index contributed by atoms with van der Waals surface area (Å²) in [6, 6.07) is 13.2. The maximum atomic E-state index is 13.2. The first-order valence-electron chi connectivity index (χ1n) is 8.30. The number of fused-ring (bicyclic) bond motifs is 1. The van der Waals surface area contributed by atoms with E-state index in [0.717, 1.165) is 10.0 Å². The van der Waals surface area contributed by atoms with Gasteiger partial charge in [-0.05, 0) is 45.8 Å². The van der Waals surface area contributed by atoms with Crippen molar-refractivity contribution in [2.45, 2.75) is 6.54 Å². The number of para-hydroxylation sites is 1. The zero-order valence-electron chi connectivity index (χ0n) is 14.4. The number of thiophene rings is 1.